The van der Waals surface area contributed by atoms with Crippen molar-refractivity contribution in [1.29, 1.82) is 0 Å². The van der Waals surface area contributed by atoms with Crippen molar-refractivity contribution in [3.63, 3.8) is 0 Å². The number of benzene rings is 1. The van der Waals surface area contributed by atoms with Crippen LogP contribution in [0.25, 0.3) is 0 Å². The molecular formula is C20H28N2O3. The molecule has 1 heterocycles. The molecule has 0 spiro atoms. The number of fused-ring (bicyclic) bond motifs is 2. The molecule has 5 heteroatoms. The lowest BCUT2D eigenvalue weighted by atomic mass is 9.61. The van der Waals surface area contributed by atoms with Gasteiger partial charge in [0.15, 0.2) is 0 Å². The van der Waals surface area contributed by atoms with E-state index >= 15 is 0 Å². The van der Waals surface area contributed by atoms with Gasteiger partial charge in [-0.25, -0.2) is 0 Å². The van der Waals surface area contributed by atoms with E-state index in [-0.39, 0.29) is 24.3 Å². The number of hydrogen-bond donors (Lipinski definition) is 3. The summed E-state index contributed by atoms with van der Waals surface area (Å²) in [5.41, 5.74) is 2.93. The Bertz CT molecular complexity index is 684. The molecule has 1 amide bonds. The summed E-state index contributed by atoms with van der Waals surface area (Å²) in [6, 6.07) is 6.30. The van der Waals surface area contributed by atoms with E-state index in [0.29, 0.717) is 17.5 Å². The van der Waals surface area contributed by atoms with E-state index in [2.05, 4.69) is 31.4 Å². The average Bonchev–Trinajstić information content (AvgIpc) is 2.53. The Morgan fingerprint density at radius 3 is 2.80 bits per heavy atom. The van der Waals surface area contributed by atoms with Crippen molar-refractivity contribution in [2.45, 2.75) is 57.9 Å². The average molecular weight is 344 g/mol. The second-order valence-corrected chi connectivity index (χ2v) is 8.16. The van der Waals surface area contributed by atoms with Crippen LogP contribution in [0.4, 0.5) is 5.69 Å². The number of carbonyl (C=O) groups is 2. The lowest BCUT2D eigenvalue weighted by Crippen LogP contribution is -2.49. The first-order valence-electron chi connectivity index (χ1n) is 9.20. The molecule has 3 N–H and O–H groups in total. The van der Waals surface area contributed by atoms with Gasteiger partial charge in [0, 0.05) is 23.8 Å². The molecule has 0 unspecified atom stereocenters. The largest absolute Gasteiger partial charge is 0.481 e. The van der Waals surface area contributed by atoms with Crippen molar-refractivity contribution in [3.8, 4) is 0 Å². The quantitative estimate of drug-likeness (QED) is 0.782. The van der Waals surface area contributed by atoms with Crippen LogP contribution < -0.4 is 10.6 Å². The van der Waals surface area contributed by atoms with Crippen LogP contribution in [-0.4, -0.2) is 29.6 Å². The zero-order valence-electron chi connectivity index (χ0n) is 15.3. The van der Waals surface area contributed by atoms with E-state index in [0.717, 1.165) is 11.6 Å². The molecule has 136 valence electrons. The van der Waals surface area contributed by atoms with Gasteiger partial charge in [-0.2, -0.15) is 0 Å². The molecule has 1 aliphatic carbocycles. The smallest absolute Gasteiger partial charge is 0.305 e. The van der Waals surface area contributed by atoms with E-state index in [1.165, 1.54) is 24.8 Å². The number of carbonyl (C=O) groups excluding carboxylic acids is 1. The Hall–Kier alpha value is -2.04. The SMILES string of the molecule is C[C@H]1CC[C@H]2[C@@H](C1)Nc1ccc(C(=O)NCCC(=O)O)cc1C2(C)C. The number of aliphatic carboxylic acids is 1. The molecule has 2 aliphatic rings. The topological polar surface area (TPSA) is 78.4 Å². The highest BCUT2D eigenvalue weighted by Gasteiger charge is 2.44. The van der Waals surface area contributed by atoms with Crippen molar-refractivity contribution in [2.75, 3.05) is 11.9 Å². The Balaban J connectivity index is 1.82. The first kappa shape index (κ1) is 17.8. The Labute approximate surface area is 149 Å². The molecule has 0 saturated heterocycles. The van der Waals surface area contributed by atoms with Crippen LogP contribution in [-0.2, 0) is 10.2 Å². The number of amides is 1. The number of nitrogens with one attached hydrogen (secondary N) is 2. The molecule has 3 atom stereocenters. The molecule has 1 aliphatic heterocycles. The minimum atomic E-state index is -0.909. The van der Waals surface area contributed by atoms with Gasteiger partial charge < -0.3 is 15.7 Å². The summed E-state index contributed by atoms with van der Waals surface area (Å²) in [5, 5.41) is 15.1. The molecule has 3 rings (SSSR count). The summed E-state index contributed by atoms with van der Waals surface area (Å²) in [6.07, 6.45) is 3.61. The van der Waals surface area contributed by atoms with Gasteiger partial charge in [-0.3, -0.25) is 9.59 Å². The molecule has 1 aromatic rings. The second kappa shape index (κ2) is 6.70. The zero-order valence-corrected chi connectivity index (χ0v) is 15.3. The first-order chi connectivity index (χ1) is 11.8. The highest BCUT2D eigenvalue weighted by Crippen LogP contribution is 2.49. The molecule has 0 bridgehead atoms. The third-order valence-corrected chi connectivity index (χ3v) is 5.98. The summed E-state index contributed by atoms with van der Waals surface area (Å²) in [4.78, 5) is 22.9. The van der Waals surface area contributed by atoms with Crippen molar-refractivity contribution in [1.82, 2.24) is 5.32 Å². The molecule has 0 radical (unpaired) electrons. The van der Waals surface area contributed by atoms with Gasteiger partial charge in [0.25, 0.3) is 5.91 Å². The third-order valence-electron chi connectivity index (χ3n) is 5.98. The van der Waals surface area contributed by atoms with Crippen LogP contribution in [0.2, 0.25) is 0 Å². The fourth-order valence-electron chi connectivity index (χ4n) is 4.53. The van der Waals surface area contributed by atoms with Gasteiger partial charge in [-0.15, -0.1) is 0 Å². The maximum atomic E-state index is 12.3. The summed E-state index contributed by atoms with van der Waals surface area (Å²) >= 11 is 0. The lowest BCUT2D eigenvalue weighted by molar-refractivity contribution is -0.136. The molecule has 0 aromatic heterocycles. The van der Waals surface area contributed by atoms with Crippen LogP contribution in [0.1, 0.15) is 62.4 Å². The minimum absolute atomic E-state index is 0.0166. The van der Waals surface area contributed by atoms with E-state index in [1.807, 2.05) is 18.2 Å². The van der Waals surface area contributed by atoms with Crippen LogP contribution in [0.3, 0.4) is 0 Å². The molecule has 1 fully saturated rings. The lowest BCUT2D eigenvalue weighted by Gasteiger charge is -2.50. The maximum absolute atomic E-state index is 12.3. The predicted molar refractivity (Wildman–Crippen MR) is 98.0 cm³/mol. The van der Waals surface area contributed by atoms with E-state index < -0.39 is 5.97 Å². The Morgan fingerprint density at radius 1 is 1.32 bits per heavy atom. The van der Waals surface area contributed by atoms with Gasteiger partial charge in [0.1, 0.15) is 0 Å². The maximum Gasteiger partial charge on any atom is 0.305 e. The van der Waals surface area contributed by atoms with Crippen LogP contribution in [0.5, 0.6) is 0 Å². The zero-order chi connectivity index (χ0) is 18.2. The van der Waals surface area contributed by atoms with E-state index in [1.54, 1.807) is 0 Å². The second-order valence-electron chi connectivity index (χ2n) is 8.16. The van der Waals surface area contributed by atoms with Crippen LogP contribution >= 0.6 is 0 Å². The van der Waals surface area contributed by atoms with E-state index in [9.17, 15) is 9.59 Å². The number of rotatable bonds is 4. The summed E-state index contributed by atoms with van der Waals surface area (Å²) in [6.45, 7) is 7.04. The van der Waals surface area contributed by atoms with Gasteiger partial charge in [-0.05, 0) is 53.9 Å². The summed E-state index contributed by atoms with van der Waals surface area (Å²) in [7, 11) is 0. The standard InChI is InChI=1S/C20H28N2O3/c1-12-4-6-14-17(10-12)22-16-7-5-13(11-15(16)20(14,2)3)19(25)21-9-8-18(23)24/h5,7,11-12,14,17,22H,4,6,8-10H2,1-3H3,(H,21,25)(H,23,24)/t12-,14-,17+/m0/s1. The molecule has 1 saturated carbocycles. The van der Waals surface area contributed by atoms with Crippen molar-refractivity contribution < 1.29 is 14.7 Å². The molecule has 1 aromatic carbocycles. The fourth-order valence-corrected chi connectivity index (χ4v) is 4.53. The number of carboxylic acids is 1. The van der Waals surface area contributed by atoms with Crippen LogP contribution in [0.15, 0.2) is 18.2 Å². The van der Waals surface area contributed by atoms with Crippen molar-refractivity contribution in [3.05, 3.63) is 29.3 Å². The van der Waals surface area contributed by atoms with Gasteiger partial charge in [0.05, 0.1) is 6.42 Å². The highest BCUT2D eigenvalue weighted by molar-refractivity contribution is 5.95. The Morgan fingerprint density at radius 2 is 2.08 bits per heavy atom. The molecular weight excluding hydrogens is 316 g/mol. The highest BCUT2D eigenvalue weighted by atomic mass is 16.4. The van der Waals surface area contributed by atoms with Crippen molar-refractivity contribution in [2.24, 2.45) is 11.8 Å². The van der Waals surface area contributed by atoms with E-state index in [4.69, 9.17) is 5.11 Å². The number of carboxylic acid groups (broad SMARTS) is 1. The fraction of sp³-hybridized carbons (Fsp3) is 0.600. The summed E-state index contributed by atoms with van der Waals surface area (Å²) < 4.78 is 0. The molecule has 5 nitrogen and oxygen atoms in total. The monoisotopic (exact) mass is 344 g/mol. The Kier molecular flexibility index (Phi) is 4.76. The predicted octanol–water partition coefficient (Wildman–Crippen LogP) is 3.40. The third kappa shape index (κ3) is 3.51. The molecule has 25 heavy (non-hydrogen) atoms. The first-order valence-corrected chi connectivity index (χ1v) is 9.20. The van der Waals surface area contributed by atoms with Gasteiger partial charge in [-0.1, -0.05) is 27.2 Å². The minimum Gasteiger partial charge on any atom is -0.481 e. The number of anilines is 1. The normalized spacial score (nSPS) is 26.8. The summed E-state index contributed by atoms with van der Waals surface area (Å²) in [5.74, 6) is 0.208. The van der Waals surface area contributed by atoms with Crippen molar-refractivity contribution >= 4 is 17.6 Å². The van der Waals surface area contributed by atoms with Gasteiger partial charge >= 0.3 is 5.97 Å². The van der Waals surface area contributed by atoms with Gasteiger partial charge in [0.2, 0.25) is 0 Å². The number of hydrogen-bond acceptors (Lipinski definition) is 3. The van der Waals surface area contributed by atoms with Crippen LogP contribution in [0, 0.1) is 11.8 Å².